The average molecular weight is 722 g/mol. The Labute approximate surface area is 317 Å². The van der Waals surface area contributed by atoms with Gasteiger partial charge in [0, 0.05) is 6.42 Å². The summed E-state index contributed by atoms with van der Waals surface area (Å²) in [5.41, 5.74) is 0. The summed E-state index contributed by atoms with van der Waals surface area (Å²) in [6.07, 6.45) is 41.3. The van der Waals surface area contributed by atoms with Crippen LogP contribution in [0.25, 0.3) is 0 Å². The third kappa shape index (κ3) is 35.4. The van der Waals surface area contributed by atoms with Gasteiger partial charge in [-0.2, -0.15) is 0 Å². The molecule has 0 aromatic carbocycles. The predicted octanol–water partition coefficient (Wildman–Crippen LogP) is 12.6. The molecule has 0 spiro atoms. The van der Waals surface area contributed by atoms with E-state index in [0.717, 1.165) is 64.2 Å². The van der Waals surface area contributed by atoms with E-state index >= 15 is 0 Å². The van der Waals surface area contributed by atoms with Crippen molar-refractivity contribution in [2.75, 3.05) is 6.61 Å². The van der Waals surface area contributed by atoms with Crippen LogP contribution in [0.2, 0.25) is 0 Å². The van der Waals surface area contributed by atoms with Crippen LogP contribution in [0.5, 0.6) is 0 Å². The molecule has 302 valence electrons. The lowest BCUT2D eigenvalue weighted by molar-refractivity contribution is -0.151. The van der Waals surface area contributed by atoms with Crippen LogP contribution >= 0.6 is 0 Å². The minimum absolute atomic E-state index is 0.0722. The van der Waals surface area contributed by atoms with E-state index in [2.05, 4.69) is 38.2 Å². The molecule has 0 aliphatic carbocycles. The zero-order chi connectivity index (χ0) is 37.5. The molecular weight excluding hydrogens is 634 g/mol. The summed E-state index contributed by atoms with van der Waals surface area (Å²) in [6.45, 7) is 6.42. The largest absolute Gasteiger partial charge is 0.462 e. The molecule has 0 aromatic heterocycles. The van der Waals surface area contributed by atoms with Crippen molar-refractivity contribution in [1.29, 1.82) is 0 Å². The fourth-order valence-corrected chi connectivity index (χ4v) is 6.88. The van der Waals surface area contributed by atoms with Crippen LogP contribution in [-0.2, 0) is 14.3 Å². The van der Waals surface area contributed by atoms with Crippen molar-refractivity contribution >= 4 is 11.9 Å². The van der Waals surface area contributed by atoms with E-state index in [-0.39, 0.29) is 24.9 Å². The van der Waals surface area contributed by atoms with E-state index in [0.29, 0.717) is 19.3 Å². The molecule has 0 rings (SSSR count). The van der Waals surface area contributed by atoms with Crippen LogP contribution in [0.1, 0.15) is 239 Å². The number of rotatable bonds is 40. The van der Waals surface area contributed by atoms with Crippen molar-refractivity contribution in [1.82, 2.24) is 5.32 Å². The van der Waals surface area contributed by atoms with Gasteiger partial charge in [0.1, 0.15) is 6.10 Å². The van der Waals surface area contributed by atoms with Gasteiger partial charge >= 0.3 is 5.97 Å². The van der Waals surface area contributed by atoms with Crippen LogP contribution in [0, 0.1) is 0 Å². The summed E-state index contributed by atoms with van der Waals surface area (Å²) in [6, 6.07) is -0.697. The van der Waals surface area contributed by atoms with Crippen LogP contribution in [0.3, 0.4) is 0 Å². The van der Waals surface area contributed by atoms with E-state index in [9.17, 15) is 19.8 Å². The minimum Gasteiger partial charge on any atom is -0.462 e. The predicted molar refractivity (Wildman–Crippen MR) is 218 cm³/mol. The minimum atomic E-state index is -0.783. The molecule has 0 aliphatic heterocycles. The van der Waals surface area contributed by atoms with Crippen molar-refractivity contribution in [3.63, 3.8) is 0 Å². The van der Waals surface area contributed by atoms with E-state index in [1.165, 1.54) is 128 Å². The fourth-order valence-electron chi connectivity index (χ4n) is 6.88. The first-order valence-electron chi connectivity index (χ1n) is 22.4. The number of hydrogen-bond donors (Lipinski definition) is 3. The van der Waals surface area contributed by atoms with Gasteiger partial charge in [-0.15, -0.1) is 0 Å². The standard InChI is InChI=1S/C45H87NO5/c1-4-7-10-13-16-19-21-23-26-29-32-35-38-45(50)51-41(36-33-30-27-24-18-15-12-9-6-3)39-44(49)46-42(40-47)43(48)37-34-31-28-25-22-20-17-14-11-8-5-2/h15,18,41-43,47-48H,4-14,16-17,19-40H2,1-3H3,(H,46,49)/b18-15-. The summed E-state index contributed by atoms with van der Waals surface area (Å²) in [4.78, 5) is 25.9. The van der Waals surface area contributed by atoms with Crippen LogP contribution in [0.15, 0.2) is 12.2 Å². The molecule has 1 amide bonds. The van der Waals surface area contributed by atoms with Gasteiger partial charge in [0.15, 0.2) is 0 Å². The molecule has 0 heterocycles. The lowest BCUT2D eigenvalue weighted by atomic mass is 10.0. The number of carbonyl (C=O) groups excluding carboxylic acids is 2. The molecule has 6 nitrogen and oxygen atoms in total. The second kappa shape index (κ2) is 39.8. The normalized spacial score (nSPS) is 13.4. The molecular formula is C45H87NO5. The molecule has 0 bridgehead atoms. The topological polar surface area (TPSA) is 95.9 Å². The molecule has 6 heteroatoms. The molecule has 0 aliphatic rings. The maximum Gasteiger partial charge on any atom is 0.306 e. The Hall–Kier alpha value is -1.40. The Morgan fingerprint density at radius 2 is 0.961 bits per heavy atom. The van der Waals surface area contributed by atoms with Crippen LogP contribution in [0.4, 0.5) is 0 Å². The van der Waals surface area contributed by atoms with Gasteiger partial charge in [0.25, 0.3) is 0 Å². The Balaban J connectivity index is 4.53. The summed E-state index contributed by atoms with van der Waals surface area (Å²) < 4.78 is 5.87. The third-order valence-electron chi connectivity index (χ3n) is 10.3. The first-order chi connectivity index (χ1) is 25.0. The SMILES string of the molecule is CCCC/C=C\CCCCCC(CC(=O)NC(CO)C(O)CCCCCCCCCCCCC)OC(=O)CCCCCCCCCCCCCC. The highest BCUT2D eigenvalue weighted by Gasteiger charge is 2.24. The smallest absolute Gasteiger partial charge is 0.306 e. The Kier molecular flexibility index (Phi) is 38.7. The number of hydrogen-bond acceptors (Lipinski definition) is 5. The highest BCUT2D eigenvalue weighted by atomic mass is 16.5. The highest BCUT2D eigenvalue weighted by molar-refractivity contribution is 5.77. The van der Waals surface area contributed by atoms with Gasteiger partial charge in [-0.05, 0) is 44.9 Å². The van der Waals surface area contributed by atoms with Crippen LogP contribution in [-0.4, -0.2) is 46.9 Å². The molecule has 0 saturated carbocycles. The molecule has 0 aromatic rings. The molecule has 3 N–H and O–H groups in total. The highest BCUT2D eigenvalue weighted by Crippen LogP contribution is 2.17. The van der Waals surface area contributed by atoms with E-state index in [1.807, 2.05) is 0 Å². The fraction of sp³-hybridized carbons (Fsp3) is 0.911. The number of ether oxygens (including phenoxy) is 1. The zero-order valence-electron chi connectivity index (χ0n) is 34.3. The van der Waals surface area contributed by atoms with Crippen molar-refractivity contribution in [3.05, 3.63) is 12.2 Å². The molecule has 3 unspecified atom stereocenters. The van der Waals surface area contributed by atoms with Gasteiger partial charge in [-0.25, -0.2) is 0 Å². The average Bonchev–Trinajstić information content (AvgIpc) is 3.12. The number of nitrogens with one attached hydrogen (secondary N) is 1. The zero-order valence-corrected chi connectivity index (χ0v) is 34.3. The second-order valence-corrected chi connectivity index (χ2v) is 15.5. The van der Waals surface area contributed by atoms with Crippen molar-refractivity contribution in [3.8, 4) is 0 Å². The second-order valence-electron chi connectivity index (χ2n) is 15.5. The van der Waals surface area contributed by atoms with Gasteiger partial charge in [0.05, 0.1) is 25.2 Å². The summed E-state index contributed by atoms with van der Waals surface area (Å²) >= 11 is 0. The maximum atomic E-state index is 13.1. The van der Waals surface area contributed by atoms with Gasteiger partial charge < -0.3 is 20.3 Å². The maximum absolute atomic E-state index is 13.1. The molecule has 0 fully saturated rings. The third-order valence-corrected chi connectivity index (χ3v) is 10.3. The Morgan fingerprint density at radius 3 is 1.45 bits per heavy atom. The lowest BCUT2D eigenvalue weighted by Gasteiger charge is -2.24. The van der Waals surface area contributed by atoms with E-state index < -0.39 is 18.2 Å². The van der Waals surface area contributed by atoms with Crippen molar-refractivity contribution in [2.24, 2.45) is 0 Å². The van der Waals surface area contributed by atoms with E-state index in [4.69, 9.17) is 4.74 Å². The number of esters is 1. The molecule has 3 atom stereocenters. The summed E-state index contributed by atoms with van der Waals surface area (Å²) in [7, 11) is 0. The van der Waals surface area contributed by atoms with Gasteiger partial charge in [0.2, 0.25) is 5.91 Å². The van der Waals surface area contributed by atoms with Crippen molar-refractivity contribution < 1.29 is 24.5 Å². The lowest BCUT2D eigenvalue weighted by Crippen LogP contribution is -2.46. The number of unbranched alkanes of at least 4 members (excludes halogenated alkanes) is 26. The Morgan fingerprint density at radius 1 is 0.549 bits per heavy atom. The number of amides is 1. The Bertz CT molecular complexity index is 772. The first-order valence-corrected chi connectivity index (χ1v) is 22.4. The number of carbonyl (C=O) groups is 2. The first kappa shape index (κ1) is 49.6. The summed E-state index contributed by atoms with van der Waals surface area (Å²) in [5.74, 6) is -0.483. The van der Waals surface area contributed by atoms with Gasteiger partial charge in [-0.3, -0.25) is 9.59 Å². The molecule has 51 heavy (non-hydrogen) atoms. The number of allylic oxidation sites excluding steroid dienone is 2. The van der Waals surface area contributed by atoms with Crippen LogP contribution < -0.4 is 5.32 Å². The molecule has 0 radical (unpaired) electrons. The van der Waals surface area contributed by atoms with Crippen molar-refractivity contribution in [2.45, 2.75) is 257 Å². The molecule has 0 saturated heterocycles. The van der Waals surface area contributed by atoms with Gasteiger partial charge in [-0.1, -0.05) is 193 Å². The monoisotopic (exact) mass is 722 g/mol. The quantitative estimate of drug-likeness (QED) is 0.0332. The van der Waals surface area contributed by atoms with E-state index in [1.54, 1.807) is 0 Å². The number of aliphatic hydroxyl groups excluding tert-OH is 2. The summed E-state index contributed by atoms with van der Waals surface area (Å²) in [5, 5.41) is 23.6. The number of aliphatic hydroxyl groups is 2.